The number of nitrogens with two attached hydrogens (primary N) is 1. The molecule has 0 radical (unpaired) electrons. The van der Waals surface area contributed by atoms with Gasteiger partial charge >= 0.3 is 0 Å². The van der Waals surface area contributed by atoms with Gasteiger partial charge in [-0.25, -0.2) is 5.01 Å². The molecule has 0 aliphatic rings. The molecule has 68 valence electrons. The summed E-state index contributed by atoms with van der Waals surface area (Å²) in [6.07, 6.45) is 0. The highest BCUT2D eigenvalue weighted by molar-refractivity contribution is 5.13. The van der Waals surface area contributed by atoms with E-state index in [1.165, 1.54) is 5.56 Å². The molecule has 0 amide bonds. The van der Waals surface area contributed by atoms with Crippen molar-refractivity contribution in [3.63, 3.8) is 0 Å². The van der Waals surface area contributed by atoms with Crippen molar-refractivity contribution in [3.05, 3.63) is 35.9 Å². The maximum atomic E-state index is 5.46. The third-order valence-corrected chi connectivity index (χ3v) is 1.27. The summed E-state index contributed by atoms with van der Waals surface area (Å²) in [4.78, 5) is 0. The highest BCUT2D eigenvalue weighted by Gasteiger charge is 1.90. The molecule has 2 N–H and O–H groups in total. The van der Waals surface area contributed by atoms with Gasteiger partial charge in [0.1, 0.15) is 0 Å². The predicted molar refractivity (Wildman–Crippen MR) is 53.4 cm³/mol. The van der Waals surface area contributed by atoms with E-state index in [0.29, 0.717) is 0 Å². The minimum absolute atomic E-state index is 0.806. The Morgan fingerprint density at radius 1 is 1.17 bits per heavy atom. The molecule has 1 aromatic carbocycles. The van der Waals surface area contributed by atoms with Crippen LogP contribution in [0.5, 0.6) is 0 Å². The quantitative estimate of drug-likeness (QED) is 0.538. The first kappa shape index (κ1) is 11.1. The van der Waals surface area contributed by atoms with Gasteiger partial charge in [0.15, 0.2) is 0 Å². The molecule has 0 fully saturated rings. The van der Waals surface area contributed by atoms with Gasteiger partial charge in [-0.2, -0.15) is 0 Å². The lowest BCUT2D eigenvalue weighted by atomic mass is 10.2. The molecule has 0 unspecified atom stereocenters. The molecular formula is C10H18N2. The van der Waals surface area contributed by atoms with Crippen LogP contribution in [0, 0.1) is 0 Å². The summed E-state index contributed by atoms with van der Waals surface area (Å²) >= 11 is 0. The van der Waals surface area contributed by atoms with E-state index in [9.17, 15) is 0 Å². The molecule has 0 atom stereocenters. The molecule has 1 rings (SSSR count). The Kier molecular flexibility index (Phi) is 6.34. The second-order valence-electron chi connectivity index (χ2n) is 2.40. The molecule has 1 aromatic rings. The van der Waals surface area contributed by atoms with E-state index in [1.54, 1.807) is 5.01 Å². The van der Waals surface area contributed by atoms with Crippen LogP contribution >= 0.6 is 0 Å². The number of hydrazine groups is 1. The zero-order valence-electron chi connectivity index (χ0n) is 8.12. The lowest BCUT2D eigenvalue weighted by Crippen LogP contribution is -2.24. The molecule has 0 spiro atoms. The van der Waals surface area contributed by atoms with E-state index in [4.69, 9.17) is 5.84 Å². The first-order valence-electron chi connectivity index (χ1n) is 4.29. The Morgan fingerprint density at radius 3 is 2.08 bits per heavy atom. The lowest BCUT2D eigenvalue weighted by molar-refractivity contribution is 0.341. The SMILES string of the molecule is CC.CN(N)Cc1ccccc1. The normalized spacial score (nSPS) is 9.08. The Morgan fingerprint density at radius 2 is 1.67 bits per heavy atom. The van der Waals surface area contributed by atoms with Crippen LogP contribution in [-0.2, 0) is 6.54 Å². The molecule has 0 saturated heterocycles. The zero-order chi connectivity index (χ0) is 9.40. The molecule has 0 heterocycles. The van der Waals surface area contributed by atoms with Gasteiger partial charge in [0.2, 0.25) is 0 Å². The second kappa shape index (κ2) is 6.83. The summed E-state index contributed by atoms with van der Waals surface area (Å²) in [7, 11) is 1.85. The van der Waals surface area contributed by atoms with Crippen LogP contribution in [-0.4, -0.2) is 12.1 Å². The summed E-state index contributed by atoms with van der Waals surface area (Å²) in [5.41, 5.74) is 1.24. The summed E-state index contributed by atoms with van der Waals surface area (Å²) in [5.74, 6) is 5.46. The topological polar surface area (TPSA) is 29.3 Å². The monoisotopic (exact) mass is 166 g/mol. The van der Waals surface area contributed by atoms with Crippen molar-refractivity contribution in [3.8, 4) is 0 Å². The highest BCUT2D eigenvalue weighted by Crippen LogP contribution is 1.98. The zero-order valence-corrected chi connectivity index (χ0v) is 8.12. The Labute approximate surface area is 75.0 Å². The van der Waals surface area contributed by atoms with Crippen molar-refractivity contribution < 1.29 is 0 Å². The van der Waals surface area contributed by atoms with Gasteiger partial charge < -0.3 is 0 Å². The third kappa shape index (κ3) is 4.88. The summed E-state index contributed by atoms with van der Waals surface area (Å²) in [6.45, 7) is 4.81. The summed E-state index contributed by atoms with van der Waals surface area (Å²) in [5, 5.41) is 1.66. The van der Waals surface area contributed by atoms with Crippen LogP contribution in [0.25, 0.3) is 0 Å². The van der Waals surface area contributed by atoms with E-state index in [0.717, 1.165) is 6.54 Å². The molecule has 12 heavy (non-hydrogen) atoms. The average molecular weight is 166 g/mol. The van der Waals surface area contributed by atoms with E-state index in [-0.39, 0.29) is 0 Å². The Bertz CT molecular complexity index is 182. The Balaban J connectivity index is 0.000000561. The van der Waals surface area contributed by atoms with E-state index >= 15 is 0 Å². The van der Waals surface area contributed by atoms with Gasteiger partial charge in [-0.1, -0.05) is 44.2 Å². The van der Waals surface area contributed by atoms with Crippen LogP contribution in [0.1, 0.15) is 19.4 Å². The molecule has 0 aliphatic carbocycles. The van der Waals surface area contributed by atoms with Gasteiger partial charge in [-0.3, -0.25) is 5.84 Å². The summed E-state index contributed by atoms with van der Waals surface area (Å²) < 4.78 is 0. The second-order valence-corrected chi connectivity index (χ2v) is 2.40. The third-order valence-electron chi connectivity index (χ3n) is 1.27. The fourth-order valence-corrected chi connectivity index (χ4v) is 0.871. The summed E-state index contributed by atoms with van der Waals surface area (Å²) in [6, 6.07) is 10.1. The predicted octanol–water partition coefficient (Wildman–Crippen LogP) is 2.02. The van der Waals surface area contributed by atoms with Crippen LogP contribution in [0.3, 0.4) is 0 Å². The van der Waals surface area contributed by atoms with Crippen molar-refractivity contribution in [2.45, 2.75) is 20.4 Å². The van der Waals surface area contributed by atoms with Crippen molar-refractivity contribution in [1.82, 2.24) is 5.01 Å². The van der Waals surface area contributed by atoms with E-state index in [1.807, 2.05) is 39.1 Å². The molecule has 0 aromatic heterocycles. The molecule has 0 saturated carbocycles. The van der Waals surface area contributed by atoms with Crippen LogP contribution < -0.4 is 5.84 Å². The molecule has 0 bridgehead atoms. The number of rotatable bonds is 2. The number of hydrogen-bond acceptors (Lipinski definition) is 2. The minimum Gasteiger partial charge on any atom is -0.269 e. The van der Waals surface area contributed by atoms with Crippen molar-refractivity contribution in [1.29, 1.82) is 0 Å². The van der Waals surface area contributed by atoms with Gasteiger partial charge in [-0.15, -0.1) is 0 Å². The highest BCUT2D eigenvalue weighted by atomic mass is 15.4. The lowest BCUT2D eigenvalue weighted by Gasteiger charge is -2.07. The van der Waals surface area contributed by atoms with Gasteiger partial charge in [-0.05, 0) is 5.56 Å². The van der Waals surface area contributed by atoms with Crippen LogP contribution in [0.2, 0.25) is 0 Å². The van der Waals surface area contributed by atoms with Crippen LogP contribution in [0.4, 0.5) is 0 Å². The maximum Gasteiger partial charge on any atom is 0.0376 e. The minimum atomic E-state index is 0.806. The number of hydrogen-bond donors (Lipinski definition) is 1. The van der Waals surface area contributed by atoms with Crippen molar-refractivity contribution >= 4 is 0 Å². The van der Waals surface area contributed by atoms with Crippen LogP contribution in [0.15, 0.2) is 30.3 Å². The molecule has 0 aliphatic heterocycles. The fourth-order valence-electron chi connectivity index (χ4n) is 0.871. The average Bonchev–Trinajstić information content (AvgIpc) is 2.08. The largest absolute Gasteiger partial charge is 0.269 e. The van der Waals surface area contributed by atoms with Crippen molar-refractivity contribution in [2.75, 3.05) is 7.05 Å². The maximum absolute atomic E-state index is 5.46. The fraction of sp³-hybridized carbons (Fsp3) is 0.400. The molecular weight excluding hydrogens is 148 g/mol. The Hall–Kier alpha value is -0.860. The van der Waals surface area contributed by atoms with E-state index in [2.05, 4.69) is 12.1 Å². The van der Waals surface area contributed by atoms with Gasteiger partial charge in [0, 0.05) is 13.6 Å². The first-order chi connectivity index (χ1) is 5.79. The number of nitrogens with zero attached hydrogens (tertiary/aromatic N) is 1. The standard InChI is InChI=1S/C8H12N2.C2H6/c1-10(9)7-8-5-3-2-4-6-8;1-2/h2-6H,7,9H2,1H3;1-2H3. The van der Waals surface area contributed by atoms with Gasteiger partial charge in [0.05, 0.1) is 0 Å². The van der Waals surface area contributed by atoms with Gasteiger partial charge in [0.25, 0.3) is 0 Å². The first-order valence-corrected chi connectivity index (χ1v) is 4.29. The van der Waals surface area contributed by atoms with E-state index < -0.39 is 0 Å². The molecule has 2 nitrogen and oxygen atoms in total. The number of benzene rings is 1. The smallest absolute Gasteiger partial charge is 0.0376 e. The molecule has 2 heteroatoms. The van der Waals surface area contributed by atoms with Crippen molar-refractivity contribution in [2.24, 2.45) is 5.84 Å².